The Morgan fingerprint density at radius 3 is 1.62 bits per heavy atom. The van der Waals surface area contributed by atoms with E-state index in [4.69, 9.17) is 0 Å². The van der Waals surface area contributed by atoms with E-state index in [1.807, 2.05) is 0 Å². The molecule has 0 aliphatic carbocycles. The Balaban J connectivity index is 3.43. The van der Waals surface area contributed by atoms with Crippen LogP contribution in [0.5, 0.6) is 0 Å². The van der Waals surface area contributed by atoms with E-state index in [-0.39, 0.29) is 18.0 Å². The van der Waals surface area contributed by atoms with Crippen LogP contribution < -0.4 is 0 Å². The highest BCUT2D eigenvalue weighted by Gasteiger charge is 2.08. The van der Waals surface area contributed by atoms with E-state index in [9.17, 15) is 9.59 Å². The number of carbonyl (C=O) groups excluding carboxylic acids is 2. The van der Waals surface area contributed by atoms with Gasteiger partial charge in [0, 0.05) is 12.8 Å². The van der Waals surface area contributed by atoms with Crippen LogP contribution in [0.15, 0.2) is 0 Å². The molecule has 0 saturated carbocycles. The summed E-state index contributed by atoms with van der Waals surface area (Å²) in [4.78, 5) is 22.8. The van der Waals surface area contributed by atoms with Gasteiger partial charge in [-0.25, -0.2) is 0 Å². The van der Waals surface area contributed by atoms with Crippen molar-refractivity contribution >= 4 is 11.6 Å². The molecule has 0 radical (unpaired) electrons. The van der Waals surface area contributed by atoms with Crippen LogP contribution in [0.3, 0.4) is 0 Å². The summed E-state index contributed by atoms with van der Waals surface area (Å²) in [5.41, 5.74) is 0. The van der Waals surface area contributed by atoms with Gasteiger partial charge in [0.1, 0.15) is 11.6 Å². The molecule has 0 atom stereocenters. The topological polar surface area (TPSA) is 34.1 Å². The molecule has 0 N–H and O–H groups in total. The lowest BCUT2D eigenvalue weighted by Gasteiger charge is -2.01. The normalized spacial score (nSPS) is 10.4. The number of ketones is 2. The third kappa shape index (κ3) is 9.88. The smallest absolute Gasteiger partial charge is 0.140 e. The monoisotopic (exact) mass is 226 g/mol. The SMILES string of the molecule is CCCCCCC(=O)CC(=O)CCCCC. The number of Topliss-reactive ketones (excluding diaryl/α,β-unsaturated/α-hetero) is 2. The fourth-order valence-electron chi connectivity index (χ4n) is 1.72. The van der Waals surface area contributed by atoms with Crippen LogP contribution in [0, 0.1) is 0 Å². The molecule has 2 heteroatoms. The fourth-order valence-corrected chi connectivity index (χ4v) is 1.72. The Hall–Kier alpha value is -0.660. The van der Waals surface area contributed by atoms with E-state index in [0.29, 0.717) is 12.8 Å². The number of carbonyl (C=O) groups is 2. The Kier molecular flexibility index (Phi) is 10.4. The summed E-state index contributed by atoms with van der Waals surface area (Å²) in [6.07, 6.45) is 8.97. The highest BCUT2D eigenvalue weighted by atomic mass is 16.1. The maximum absolute atomic E-state index is 11.4. The third-order valence-corrected chi connectivity index (χ3v) is 2.76. The first-order chi connectivity index (χ1) is 7.70. The van der Waals surface area contributed by atoms with Gasteiger partial charge in [0.05, 0.1) is 6.42 Å². The van der Waals surface area contributed by atoms with Gasteiger partial charge in [0.25, 0.3) is 0 Å². The molecule has 0 saturated heterocycles. The summed E-state index contributed by atoms with van der Waals surface area (Å²) in [5, 5.41) is 0. The molecular formula is C14H26O2. The molecule has 16 heavy (non-hydrogen) atoms. The zero-order chi connectivity index (χ0) is 12.2. The molecule has 0 aromatic rings. The van der Waals surface area contributed by atoms with E-state index in [2.05, 4.69) is 13.8 Å². The van der Waals surface area contributed by atoms with Crippen molar-refractivity contribution in [2.45, 2.75) is 78.1 Å². The summed E-state index contributed by atoms with van der Waals surface area (Å²) in [6.45, 7) is 4.27. The minimum atomic E-state index is 0.133. The highest BCUT2D eigenvalue weighted by Crippen LogP contribution is 2.07. The quantitative estimate of drug-likeness (QED) is 0.393. The van der Waals surface area contributed by atoms with Crippen LogP contribution in [0.25, 0.3) is 0 Å². The molecule has 0 amide bonds. The van der Waals surface area contributed by atoms with Crippen LogP contribution in [0.4, 0.5) is 0 Å². The first-order valence-corrected chi connectivity index (χ1v) is 6.74. The predicted octanol–water partition coefficient (Wildman–Crippen LogP) is 4.07. The fraction of sp³-hybridized carbons (Fsp3) is 0.857. The Morgan fingerprint density at radius 2 is 1.12 bits per heavy atom. The maximum Gasteiger partial charge on any atom is 0.140 e. The lowest BCUT2D eigenvalue weighted by Crippen LogP contribution is -2.07. The van der Waals surface area contributed by atoms with Gasteiger partial charge in [0.2, 0.25) is 0 Å². The van der Waals surface area contributed by atoms with E-state index in [1.165, 1.54) is 12.8 Å². The minimum Gasteiger partial charge on any atom is -0.299 e. The van der Waals surface area contributed by atoms with Crippen molar-refractivity contribution in [2.24, 2.45) is 0 Å². The van der Waals surface area contributed by atoms with Crippen molar-refractivity contribution in [3.8, 4) is 0 Å². The molecule has 0 unspecified atom stereocenters. The molecule has 0 aromatic heterocycles. The van der Waals surface area contributed by atoms with Crippen LogP contribution in [-0.2, 0) is 9.59 Å². The molecular weight excluding hydrogens is 200 g/mol. The summed E-state index contributed by atoms with van der Waals surface area (Å²) in [5.74, 6) is 0.270. The molecule has 0 bridgehead atoms. The Bertz CT molecular complexity index is 197. The second-order valence-electron chi connectivity index (χ2n) is 4.52. The molecule has 0 aromatic carbocycles. The van der Waals surface area contributed by atoms with Crippen molar-refractivity contribution in [3.63, 3.8) is 0 Å². The van der Waals surface area contributed by atoms with E-state index in [1.54, 1.807) is 0 Å². The second-order valence-corrected chi connectivity index (χ2v) is 4.52. The molecule has 0 aliphatic rings. The average molecular weight is 226 g/mol. The number of hydrogen-bond donors (Lipinski definition) is 0. The van der Waals surface area contributed by atoms with Crippen molar-refractivity contribution in [2.75, 3.05) is 0 Å². The third-order valence-electron chi connectivity index (χ3n) is 2.76. The van der Waals surface area contributed by atoms with Crippen LogP contribution >= 0.6 is 0 Å². The van der Waals surface area contributed by atoms with Crippen LogP contribution in [0.2, 0.25) is 0 Å². The molecule has 0 rings (SSSR count). The summed E-state index contributed by atoms with van der Waals surface area (Å²) >= 11 is 0. The van der Waals surface area contributed by atoms with Gasteiger partial charge in [-0.15, -0.1) is 0 Å². The highest BCUT2D eigenvalue weighted by molar-refractivity contribution is 5.98. The van der Waals surface area contributed by atoms with Gasteiger partial charge in [-0.1, -0.05) is 46.0 Å². The van der Waals surface area contributed by atoms with E-state index >= 15 is 0 Å². The Labute approximate surface area is 99.8 Å². The number of unbranched alkanes of at least 4 members (excludes halogenated alkanes) is 5. The molecule has 94 valence electrons. The molecule has 0 heterocycles. The molecule has 0 spiro atoms. The average Bonchev–Trinajstić information content (AvgIpc) is 2.25. The number of rotatable bonds is 11. The first-order valence-electron chi connectivity index (χ1n) is 6.74. The van der Waals surface area contributed by atoms with Gasteiger partial charge in [-0.3, -0.25) is 9.59 Å². The van der Waals surface area contributed by atoms with Crippen molar-refractivity contribution in [1.29, 1.82) is 0 Å². The van der Waals surface area contributed by atoms with Crippen LogP contribution in [0.1, 0.15) is 78.1 Å². The van der Waals surface area contributed by atoms with Crippen molar-refractivity contribution in [3.05, 3.63) is 0 Å². The van der Waals surface area contributed by atoms with Gasteiger partial charge in [0.15, 0.2) is 0 Å². The summed E-state index contributed by atoms with van der Waals surface area (Å²) in [6, 6.07) is 0. The lowest BCUT2D eigenvalue weighted by molar-refractivity contribution is -0.127. The second kappa shape index (κ2) is 10.8. The Morgan fingerprint density at radius 1 is 0.688 bits per heavy atom. The molecule has 0 aliphatic heterocycles. The van der Waals surface area contributed by atoms with Gasteiger partial charge < -0.3 is 0 Å². The predicted molar refractivity (Wildman–Crippen MR) is 67.5 cm³/mol. The van der Waals surface area contributed by atoms with Gasteiger partial charge in [-0.05, 0) is 12.8 Å². The lowest BCUT2D eigenvalue weighted by atomic mass is 10.0. The van der Waals surface area contributed by atoms with Crippen LogP contribution in [-0.4, -0.2) is 11.6 Å². The first kappa shape index (κ1) is 15.3. The van der Waals surface area contributed by atoms with Crippen molar-refractivity contribution < 1.29 is 9.59 Å². The largest absolute Gasteiger partial charge is 0.299 e. The van der Waals surface area contributed by atoms with E-state index in [0.717, 1.165) is 32.1 Å². The summed E-state index contributed by atoms with van der Waals surface area (Å²) < 4.78 is 0. The standard InChI is InChI=1S/C14H26O2/c1-3-5-7-9-11-14(16)12-13(15)10-8-6-4-2/h3-12H2,1-2H3. The minimum absolute atomic E-state index is 0.133. The molecule has 0 fully saturated rings. The van der Waals surface area contributed by atoms with E-state index < -0.39 is 0 Å². The summed E-state index contributed by atoms with van der Waals surface area (Å²) in [7, 11) is 0. The van der Waals surface area contributed by atoms with Gasteiger partial charge >= 0.3 is 0 Å². The van der Waals surface area contributed by atoms with Gasteiger partial charge in [-0.2, -0.15) is 0 Å². The molecule has 2 nitrogen and oxygen atoms in total. The number of hydrogen-bond acceptors (Lipinski definition) is 2. The maximum atomic E-state index is 11.4. The van der Waals surface area contributed by atoms with Crippen molar-refractivity contribution in [1.82, 2.24) is 0 Å². The zero-order valence-corrected chi connectivity index (χ0v) is 10.9. The zero-order valence-electron chi connectivity index (χ0n) is 10.9.